The summed E-state index contributed by atoms with van der Waals surface area (Å²) < 4.78 is 5.56. The van der Waals surface area contributed by atoms with Crippen molar-refractivity contribution in [1.82, 2.24) is 0 Å². The van der Waals surface area contributed by atoms with Gasteiger partial charge in [-0.05, 0) is 60.5 Å². The molecule has 1 aliphatic heterocycles. The highest BCUT2D eigenvalue weighted by molar-refractivity contribution is 6.09. The summed E-state index contributed by atoms with van der Waals surface area (Å²) in [5.41, 5.74) is 1.89. The van der Waals surface area contributed by atoms with E-state index in [-0.39, 0.29) is 47.4 Å². The van der Waals surface area contributed by atoms with Crippen molar-refractivity contribution in [3.8, 4) is 17.2 Å². The predicted molar refractivity (Wildman–Crippen MR) is 87.8 cm³/mol. The van der Waals surface area contributed by atoms with Crippen LogP contribution in [0.4, 0.5) is 0 Å². The lowest BCUT2D eigenvalue weighted by molar-refractivity contribution is 0.0992. The zero-order valence-corrected chi connectivity index (χ0v) is 13.1. The number of fused-ring (bicyclic) bond motifs is 1. The number of phenols is 2. The third-order valence-electron chi connectivity index (χ3n) is 3.77. The second-order valence-electron chi connectivity index (χ2n) is 5.78. The highest BCUT2D eigenvalue weighted by Crippen LogP contribution is 2.33. The van der Waals surface area contributed by atoms with E-state index >= 15 is 0 Å². The minimum absolute atomic E-state index is 0.0512. The Balaban J connectivity index is 1.89. The van der Waals surface area contributed by atoms with Crippen LogP contribution in [0.15, 0.2) is 48.0 Å². The first-order chi connectivity index (χ1) is 11.4. The molecule has 0 radical (unpaired) electrons. The summed E-state index contributed by atoms with van der Waals surface area (Å²) in [5.74, 6) is -0.305. The van der Waals surface area contributed by atoms with E-state index in [0.29, 0.717) is 11.1 Å². The van der Waals surface area contributed by atoms with Crippen LogP contribution in [0.1, 0.15) is 33.2 Å². The molecule has 5 nitrogen and oxygen atoms in total. The minimum atomic E-state index is -0.311. The molecule has 1 heterocycles. The molecule has 0 aliphatic carbocycles. The summed E-state index contributed by atoms with van der Waals surface area (Å²) in [5, 5.41) is 19.4. The first-order valence-corrected chi connectivity index (χ1v) is 7.46. The van der Waals surface area contributed by atoms with Crippen molar-refractivity contribution in [3.63, 3.8) is 0 Å². The Morgan fingerprint density at radius 3 is 2.58 bits per heavy atom. The Bertz CT molecular complexity index is 847. The molecule has 0 aromatic heterocycles. The van der Waals surface area contributed by atoms with E-state index in [9.17, 15) is 19.8 Å². The van der Waals surface area contributed by atoms with Gasteiger partial charge in [0, 0.05) is 12.0 Å². The highest BCUT2D eigenvalue weighted by atomic mass is 16.5. The molecule has 1 aliphatic rings. The maximum Gasteiger partial charge on any atom is 0.193 e. The predicted octanol–water partition coefficient (Wildman–Crippen LogP) is 3.04. The number of hydrogen-bond acceptors (Lipinski definition) is 5. The lowest BCUT2D eigenvalue weighted by Crippen LogP contribution is -2.05. The van der Waals surface area contributed by atoms with Crippen LogP contribution in [0.5, 0.6) is 17.2 Å². The standard InChI is InChI=1S/C19H16O5/c1-11-6-16(22)19-17(23)8-12(9-18(19)24-10-11)7-15(21)13-2-4-14(20)5-3-13/h2-6,8-9,20,23H,7,10H2,1H3. The lowest BCUT2D eigenvalue weighted by atomic mass is 9.99. The monoisotopic (exact) mass is 324 g/mol. The molecule has 0 atom stereocenters. The second-order valence-corrected chi connectivity index (χ2v) is 5.78. The number of aromatic hydroxyl groups is 2. The van der Waals surface area contributed by atoms with Gasteiger partial charge in [-0.15, -0.1) is 0 Å². The number of allylic oxidation sites excluding steroid dienone is 1. The van der Waals surface area contributed by atoms with Gasteiger partial charge in [0.15, 0.2) is 11.6 Å². The largest absolute Gasteiger partial charge is 0.508 e. The average molecular weight is 324 g/mol. The van der Waals surface area contributed by atoms with Crippen molar-refractivity contribution in [3.05, 3.63) is 64.7 Å². The Hall–Kier alpha value is -3.08. The van der Waals surface area contributed by atoms with Gasteiger partial charge in [-0.2, -0.15) is 0 Å². The molecule has 122 valence electrons. The molecule has 0 fully saturated rings. The third kappa shape index (κ3) is 3.15. The van der Waals surface area contributed by atoms with Crippen LogP contribution in [0.25, 0.3) is 0 Å². The molecule has 0 amide bonds. The van der Waals surface area contributed by atoms with Gasteiger partial charge in [-0.25, -0.2) is 0 Å². The first-order valence-electron chi connectivity index (χ1n) is 7.46. The summed E-state index contributed by atoms with van der Waals surface area (Å²) in [6.07, 6.45) is 1.49. The van der Waals surface area contributed by atoms with Gasteiger partial charge in [-0.1, -0.05) is 0 Å². The fraction of sp³-hybridized carbons (Fsp3) is 0.158. The fourth-order valence-electron chi connectivity index (χ4n) is 2.58. The van der Waals surface area contributed by atoms with Gasteiger partial charge < -0.3 is 14.9 Å². The fourth-order valence-corrected chi connectivity index (χ4v) is 2.58. The van der Waals surface area contributed by atoms with Crippen molar-refractivity contribution >= 4 is 11.6 Å². The molecule has 2 aromatic carbocycles. The van der Waals surface area contributed by atoms with Crippen LogP contribution in [0.2, 0.25) is 0 Å². The number of ether oxygens (including phenoxy) is 1. The smallest absolute Gasteiger partial charge is 0.193 e. The molecule has 0 saturated carbocycles. The van der Waals surface area contributed by atoms with Gasteiger partial charge in [0.25, 0.3) is 0 Å². The second kappa shape index (κ2) is 6.20. The maximum absolute atomic E-state index is 12.3. The number of Topliss-reactive ketones (excluding diaryl/α,β-unsaturated/α-hetero) is 1. The summed E-state index contributed by atoms with van der Waals surface area (Å²) in [6, 6.07) is 8.98. The van der Waals surface area contributed by atoms with E-state index in [0.717, 1.165) is 5.57 Å². The summed E-state index contributed by atoms with van der Waals surface area (Å²) in [7, 11) is 0. The Labute approximate surface area is 138 Å². The van der Waals surface area contributed by atoms with Crippen LogP contribution >= 0.6 is 0 Å². The zero-order chi connectivity index (χ0) is 17.3. The van der Waals surface area contributed by atoms with Crippen LogP contribution < -0.4 is 4.74 Å². The topological polar surface area (TPSA) is 83.8 Å². The number of carbonyl (C=O) groups excluding carboxylic acids is 2. The number of rotatable bonds is 3. The Morgan fingerprint density at radius 1 is 1.17 bits per heavy atom. The summed E-state index contributed by atoms with van der Waals surface area (Å²) in [4.78, 5) is 24.4. The van der Waals surface area contributed by atoms with Crippen molar-refractivity contribution in [1.29, 1.82) is 0 Å². The molecule has 0 spiro atoms. The number of phenolic OH excluding ortho intramolecular Hbond substituents is 2. The van der Waals surface area contributed by atoms with Gasteiger partial charge in [0.1, 0.15) is 29.4 Å². The zero-order valence-electron chi connectivity index (χ0n) is 13.1. The Kier molecular flexibility index (Phi) is 4.08. The molecule has 2 aromatic rings. The number of ketones is 2. The highest BCUT2D eigenvalue weighted by Gasteiger charge is 2.21. The van der Waals surface area contributed by atoms with Crippen LogP contribution in [-0.4, -0.2) is 28.4 Å². The maximum atomic E-state index is 12.3. The number of benzene rings is 2. The third-order valence-corrected chi connectivity index (χ3v) is 3.77. The molecular weight excluding hydrogens is 308 g/mol. The summed E-state index contributed by atoms with van der Waals surface area (Å²) >= 11 is 0. The van der Waals surface area contributed by atoms with Crippen molar-refractivity contribution in [2.75, 3.05) is 6.61 Å². The SMILES string of the molecule is CC1=CC(=O)c2c(O)cc(CC(=O)c3ccc(O)cc3)cc2OC1. The minimum Gasteiger partial charge on any atom is -0.508 e. The lowest BCUT2D eigenvalue weighted by Gasteiger charge is -2.11. The van der Waals surface area contributed by atoms with E-state index in [4.69, 9.17) is 4.74 Å². The molecule has 5 heteroatoms. The molecule has 0 bridgehead atoms. The van der Waals surface area contributed by atoms with Crippen molar-refractivity contribution in [2.24, 2.45) is 0 Å². The normalized spacial score (nSPS) is 13.5. The van der Waals surface area contributed by atoms with E-state index in [1.807, 2.05) is 0 Å². The van der Waals surface area contributed by atoms with Gasteiger partial charge in [0.05, 0.1) is 0 Å². The first kappa shape index (κ1) is 15.8. The Morgan fingerprint density at radius 2 is 1.88 bits per heavy atom. The molecule has 0 unspecified atom stereocenters. The summed E-state index contributed by atoms with van der Waals surface area (Å²) in [6.45, 7) is 2.03. The molecular formula is C19H16O5. The van der Waals surface area contributed by atoms with E-state index in [1.165, 1.54) is 36.4 Å². The number of carbonyl (C=O) groups is 2. The quantitative estimate of drug-likeness (QED) is 0.848. The van der Waals surface area contributed by atoms with E-state index < -0.39 is 0 Å². The van der Waals surface area contributed by atoms with Gasteiger partial charge in [-0.3, -0.25) is 9.59 Å². The van der Waals surface area contributed by atoms with E-state index in [2.05, 4.69) is 0 Å². The van der Waals surface area contributed by atoms with Crippen molar-refractivity contribution < 1.29 is 24.5 Å². The molecule has 0 saturated heterocycles. The number of hydrogen-bond donors (Lipinski definition) is 2. The van der Waals surface area contributed by atoms with Crippen LogP contribution in [0, 0.1) is 0 Å². The van der Waals surface area contributed by atoms with Gasteiger partial charge in [0.2, 0.25) is 0 Å². The average Bonchev–Trinajstić information content (AvgIpc) is 2.66. The van der Waals surface area contributed by atoms with Gasteiger partial charge >= 0.3 is 0 Å². The van der Waals surface area contributed by atoms with Crippen LogP contribution in [-0.2, 0) is 6.42 Å². The van der Waals surface area contributed by atoms with Crippen molar-refractivity contribution in [2.45, 2.75) is 13.3 Å². The van der Waals surface area contributed by atoms with E-state index in [1.54, 1.807) is 13.0 Å². The molecule has 2 N–H and O–H groups in total. The molecule has 24 heavy (non-hydrogen) atoms. The molecule has 3 rings (SSSR count). The van der Waals surface area contributed by atoms with Crippen LogP contribution in [0.3, 0.4) is 0 Å².